The van der Waals surface area contributed by atoms with Crippen molar-refractivity contribution in [2.24, 2.45) is 7.05 Å². The van der Waals surface area contributed by atoms with Crippen LogP contribution < -0.4 is 22.2 Å². The predicted octanol–water partition coefficient (Wildman–Crippen LogP) is 3.77. The van der Waals surface area contributed by atoms with Gasteiger partial charge in [-0.15, -0.1) is 0 Å². The van der Waals surface area contributed by atoms with Crippen LogP contribution in [0.3, 0.4) is 0 Å². The fourth-order valence-corrected chi connectivity index (χ4v) is 4.46. The molecule has 0 unspecified atom stereocenters. The van der Waals surface area contributed by atoms with Crippen LogP contribution in [-0.4, -0.2) is 19.1 Å². The average Bonchev–Trinajstić information content (AvgIpc) is 2.90. The van der Waals surface area contributed by atoms with Gasteiger partial charge in [-0.2, -0.15) is 10.2 Å². The molecule has 182 valence electrons. The Kier molecular flexibility index (Phi) is 5.99. The van der Waals surface area contributed by atoms with E-state index in [9.17, 15) is 14.9 Å². The largest absolute Gasteiger partial charge is 0.368 e. The highest BCUT2D eigenvalue weighted by Gasteiger charge is 2.20. The molecular weight excluding hydrogens is 466 g/mol. The summed E-state index contributed by atoms with van der Waals surface area (Å²) in [7, 11) is 1.69. The van der Waals surface area contributed by atoms with Crippen molar-refractivity contribution in [2.45, 2.75) is 13.0 Å². The van der Waals surface area contributed by atoms with E-state index in [1.807, 2.05) is 67.6 Å². The van der Waals surface area contributed by atoms with E-state index in [0.29, 0.717) is 28.0 Å². The lowest BCUT2D eigenvalue weighted by molar-refractivity contribution is 0.772. The molecule has 37 heavy (non-hydrogen) atoms. The van der Waals surface area contributed by atoms with Crippen LogP contribution in [0.4, 0.5) is 11.8 Å². The lowest BCUT2D eigenvalue weighted by Gasteiger charge is -2.22. The number of aromatic nitrogens is 4. The minimum Gasteiger partial charge on any atom is -0.368 e. The standard InChI is InChI=1S/C28H23N7O2/c1-17(32-26-19(15-29)16-31-28(30)33-26)23-14-18-8-6-11-21(22-12-7-13-24(36)34(22)2)25(18)27(37)35(23)20-9-4-3-5-10-20/h3-14,16-17H,1-2H3,(H3,30,31,32,33)/t17-/m0/s1. The topological polar surface area (TPSA) is 132 Å². The smallest absolute Gasteiger partial charge is 0.263 e. The van der Waals surface area contributed by atoms with Gasteiger partial charge in [0.05, 0.1) is 23.3 Å². The van der Waals surface area contributed by atoms with Crippen molar-refractivity contribution < 1.29 is 0 Å². The van der Waals surface area contributed by atoms with E-state index in [1.54, 1.807) is 17.7 Å². The molecule has 2 aromatic carbocycles. The highest BCUT2D eigenvalue weighted by molar-refractivity contribution is 5.95. The Morgan fingerprint density at radius 2 is 1.78 bits per heavy atom. The van der Waals surface area contributed by atoms with E-state index < -0.39 is 6.04 Å². The predicted molar refractivity (Wildman–Crippen MR) is 143 cm³/mol. The number of para-hydroxylation sites is 1. The van der Waals surface area contributed by atoms with Crippen molar-refractivity contribution in [3.05, 3.63) is 111 Å². The monoisotopic (exact) mass is 489 g/mol. The second kappa shape index (κ2) is 9.43. The fourth-order valence-electron chi connectivity index (χ4n) is 4.46. The van der Waals surface area contributed by atoms with Gasteiger partial charge in [-0.05, 0) is 36.6 Å². The van der Waals surface area contributed by atoms with E-state index >= 15 is 0 Å². The van der Waals surface area contributed by atoms with Gasteiger partial charge < -0.3 is 15.6 Å². The van der Waals surface area contributed by atoms with Gasteiger partial charge in [0.1, 0.15) is 17.5 Å². The number of nitrogens with one attached hydrogen (secondary N) is 1. The second-order valence-corrected chi connectivity index (χ2v) is 8.59. The molecular formula is C28H23N7O2. The third kappa shape index (κ3) is 4.21. The number of nitrogen functional groups attached to an aromatic ring is 1. The number of fused-ring (bicyclic) bond motifs is 1. The maximum absolute atomic E-state index is 14.2. The number of rotatable bonds is 5. The Labute approximate surface area is 212 Å². The van der Waals surface area contributed by atoms with Gasteiger partial charge in [-0.3, -0.25) is 14.2 Å². The molecule has 0 amide bonds. The molecule has 9 heteroatoms. The minimum atomic E-state index is -0.441. The van der Waals surface area contributed by atoms with Crippen LogP contribution in [0.15, 0.2) is 88.6 Å². The summed E-state index contributed by atoms with van der Waals surface area (Å²) in [5, 5.41) is 13.9. The zero-order valence-electron chi connectivity index (χ0n) is 20.2. The van der Waals surface area contributed by atoms with E-state index in [1.165, 1.54) is 16.8 Å². The first-order valence-corrected chi connectivity index (χ1v) is 11.6. The summed E-state index contributed by atoms with van der Waals surface area (Å²) in [5.41, 5.74) is 8.24. The molecule has 5 rings (SSSR count). The SMILES string of the molecule is C[C@H](Nc1nc(N)ncc1C#N)c1cc2cccc(-c3cccc(=O)n3C)c2c(=O)n1-c1ccccc1. The molecule has 0 bridgehead atoms. The van der Waals surface area contributed by atoms with Gasteiger partial charge in [-0.25, -0.2) is 4.98 Å². The lowest BCUT2D eigenvalue weighted by Crippen LogP contribution is -2.26. The zero-order valence-corrected chi connectivity index (χ0v) is 20.2. The van der Waals surface area contributed by atoms with Gasteiger partial charge in [0.25, 0.3) is 11.1 Å². The van der Waals surface area contributed by atoms with E-state index in [2.05, 4.69) is 21.4 Å². The quantitative estimate of drug-likeness (QED) is 0.384. The molecule has 0 aliphatic carbocycles. The van der Waals surface area contributed by atoms with Crippen molar-refractivity contribution in [2.75, 3.05) is 11.1 Å². The van der Waals surface area contributed by atoms with E-state index in [-0.39, 0.29) is 28.4 Å². The maximum Gasteiger partial charge on any atom is 0.263 e. The third-order valence-electron chi connectivity index (χ3n) is 6.28. The molecule has 0 saturated heterocycles. The molecule has 0 aliphatic heterocycles. The molecule has 0 radical (unpaired) electrons. The number of anilines is 2. The van der Waals surface area contributed by atoms with Crippen LogP contribution in [-0.2, 0) is 7.05 Å². The highest BCUT2D eigenvalue weighted by atomic mass is 16.1. The third-order valence-corrected chi connectivity index (χ3v) is 6.28. The molecule has 0 fully saturated rings. The Morgan fingerprint density at radius 3 is 2.54 bits per heavy atom. The average molecular weight is 490 g/mol. The maximum atomic E-state index is 14.2. The first-order chi connectivity index (χ1) is 17.9. The molecule has 9 nitrogen and oxygen atoms in total. The molecule has 3 N–H and O–H groups in total. The number of hydrogen-bond donors (Lipinski definition) is 2. The number of nitrogens with zero attached hydrogens (tertiary/aromatic N) is 5. The van der Waals surface area contributed by atoms with Crippen LogP contribution in [0.2, 0.25) is 0 Å². The molecule has 1 atom stereocenters. The normalized spacial score (nSPS) is 11.7. The van der Waals surface area contributed by atoms with Crippen molar-refractivity contribution in [1.82, 2.24) is 19.1 Å². The first kappa shape index (κ1) is 23.5. The van der Waals surface area contributed by atoms with Gasteiger partial charge in [-0.1, -0.05) is 42.5 Å². The Balaban J connectivity index is 1.78. The van der Waals surface area contributed by atoms with Crippen LogP contribution >= 0.6 is 0 Å². The number of hydrogen-bond acceptors (Lipinski definition) is 7. The van der Waals surface area contributed by atoms with Crippen LogP contribution in [0.5, 0.6) is 0 Å². The summed E-state index contributed by atoms with van der Waals surface area (Å²) < 4.78 is 3.17. The first-order valence-electron chi connectivity index (χ1n) is 11.6. The fraction of sp³-hybridized carbons (Fsp3) is 0.107. The summed E-state index contributed by atoms with van der Waals surface area (Å²) in [5.74, 6) is 0.313. The van der Waals surface area contributed by atoms with Gasteiger partial charge >= 0.3 is 0 Å². The summed E-state index contributed by atoms with van der Waals surface area (Å²) in [6, 6.07) is 23.4. The Bertz CT molecular complexity index is 1800. The molecule has 3 heterocycles. The Morgan fingerprint density at radius 1 is 1.03 bits per heavy atom. The van der Waals surface area contributed by atoms with Gasteiger partial charge in [0, 0.05) is 30.1 Å². The minimum absolute atomic E-state index is 0.0331. The van der Waals surface area contributed by atoms with Crippen molar-refractivity contribution in [3.63, 3.8) is 0 Å². The lowest BCUT2D eigenvalue weighted by atomic mass is 10.0. The summed E-state index contributed by atoms with van der Waals surface area (Å²) in [6.45, 7) is 1.88. The van der Waals surface area contributed by atoms with Crippen LogP contribution in [0.25, 0.3) is 27.7 Å². The number of nitrogens with two attached hydrogens (primary N) is 1. The van der Waals surface area contributed by atoms with Crippen molar-refractivity contribution >= 4 is 22.5 Å². The second-order valence-electron chi connectivity index (χ2n) is 8.59. The number of benzene rings is 2. The molecule has 0 spiro atoms. The summed E-state index contributed by atoms with van der Waals surface area (Å²) in [4.78, 5) is 34.6. The molecule has 0 saturated carbocycles. The van der Waals surface area contributed by atoms with Gasteiger partial charge in [0.15, 0.2) is 0 Å². The number of nitriles is 1. The van der Waals surface area contributed by atoms with E-state index in [4.69, 9.17) is 5.73 Å². The summed E-state index contributed by atoms with van der Waals surface area (Å²) in [6.07, 6.45) is 1.36. The van der Waals surface area contributed by atoms with Crippen molar-refractivity contribution in [3.8, 4) is 23.0 Å². The van der Waals surface area contributed by atoms with Gasteiger partial charge in [0.2, 0.25) is 5.95 Å². The highest BCUT2D eigenvalue weighted by Crippen LogP contribution is 2.30. The molecule has 0 aliphatic rings. The zero-order chi connectivity index (χ0) is 26.1. The summed E-state index contributed by atoms with van der Waals surface area (Å²) >= 11 is 0. The van der Waals surface area contributed by atoms with Crippen LogP contribution in [0, 0.1) is 11.3 Å². The van der Waals surface area contributed by atoms with Crippen LogP contribution in [0.1, 0.15) is 24.2 Å². The molecule has 5 aromatic rings. The van der Waals surface area contributed by atoms with E-state index in [0.717, 1.165) is 5.39 Å². The number of pyridine rings is 2. The molecule has 3 aromatic heterocycles. The van der Waals surface area contributed by atoms with Crippen molar-refractivity contribution in [1.29, 1.82) is 5.26 Å². The Hall–Kier alpha value is -5.23.